The second-order valence-electron chi connectivity index (χ2n) is 7.41. The number of aromatic nitrogens is 3. The molecule has 29 heavy (non-hydrogen) atoms. The first-order chi connectivity index (χ1) is 13.9. The molecule has 4 rings (SSSR count). The molecule has 1 aromatic carbocycles. The van der Waals surface area contributed by atoms with Gasteiger partial charge in [0.1, 0.15) is 0 Å². The van der Waals surface area contributed by atoms with Gasteiger partial charge in [0, 0.05) is 24.1 Å². The molecule has 1 unspecified atom stereocenters. The van der Waals surface area contributed by atoms with Crippen LogP contribution in [-0.2, 0) is 29.1 Å². The van der Waals surface area contributed by atoms with Crippen LogP contribution < -0.4 is 5.32 Å². The van der Waals surface area contributed by atoms with Crippen LogP contribution in [0.5, 0.6) is 5.88 Å². The smallest absolute Gasteiger partial charge is 0.219 e. The topological polar surface area (TPSA) is 97.1 Å². The summed E-state index contributed by atoms with van der Waals surface area (Å²) >= 11 is 0. The summed E-state index contributed by atoms with van der Waals surface area (Å²) in [6.45, 7) is 0.785. The molecule has 1 atom stereocenters. The minimum Gasteiger partial charge on any atom is -0.493 e. The third kappa shape index (κ3) is 4.33. The van der Waals surface area contributed by atoms with Gasteiger partial charge in [0.2, 0.25) is 5.88 Å². The fourth-order valence-corrected chi connectivity index (χ4v) is 4.32. The third-order valence-electron chi connectivity index (χ3n) is 5.28. The zero-order valence-electron chi connectivity index (χ0n) is 16.2. The Balaban J connectivity index is 1.36. The standard InChI is InChI=1S/C21H24N4O3S/c1-29(27,28)17-8-5-15(6-9-17)11-13-22-16-7-10-19-18(14-16)21(26)25(24-19)20-4-2-3-12-23-20/h2-6,8-9,12,16,22,26H,7,10-11,13-14H2,1H3. The first-order valence-corrected chi connectivity index (χ1v) is 11.5. The SMILES string of the molecule is CS(=O)(=O)c1ccc(CCNC2CCc3nn(-c4ccccn4)c(O)c3C2)cc1. The lowest BCUT2D eigenvalue weighted by atomic mass is 9.93. The van der Waals surface area contributed by atoms with E-state index in [0.717, 1.165) is 49.0 Å². The summed E-state index contributed by atoms with van der Waals surface area (Å²) < 4.78 is 24.6. The first-order valence-electron chi connectivity index (χ1n) is 9.65. The van der Waals surface area contributed by atoms with Crippen molar-refractivity contribution >= 4 is 9.84 Å². The Morgan fingerprint density at radius 1 is 1.21 bits per heavy atom. The summed E-state index contributed by atoms with van der Waals surface area (Å²) in [5, 5.41) is 18.7. The maximum atomic E-state index is 11.5. The van der Waals surface area contributed by atoms with Gasteiger partial charge in [-0.05, 0) is 62.1 Å². The van der Waals surface area contributed by atoms with Crippen molar-refractivity contribution in [2.24, 2.45) is 0 Å². The van der Waals surface area contributed by atoms with E-state index in [-0.39, 0.29) is 11.9 Å². The minimum atomic E-state index is -3.16. The number of sulfone groups is 1. The van der Waals surface area contributed by atoms with Gasteiger partial charge >= 0.3 is 0 Å². The maximum absolute atomic E-state index is 11.5. The van der Waals surface area contributed by atoms with E-state index in [1.54, 1.807) is 18.3 Å². The Bertz CT molecular complexity index is 1090. The first kappa shape index (κ1) is 19.6. The predicted octanol–water partition coefficient (Wildman–Crippen LogP) is 2.07. The van der Waals surface area contributed by atoms with Crippen LogP contribution in [0.3, 0.4) is 0 Å². The van der Waals surface area contributed by atoms with Crippen LogP contribution >= 0.6 is 0 Å². The van der Waals surface area contributed by atoms with Gasteiger partial charge in [-0.2, -0.15) is 9.78 Å². The number of nitrogens with one attached hydrogen (secondary N) is 1. The molecule has 7 nitrogen and oxygen atoms in total. The van der Waals surface area contributed by atoms with Crippen LogP contribution in [0.25, 0.3) is 5.82 Å². The van der Waals surface area contributed by atoms with Gasteiger partial charge in [-0.15, -0.1) is 0 Å². The Morgan fingerprint density at radius 3 is 2.69 bits per heavy atom. The van der Waals surface area contributed by atoms with Crippen LogP contribution in [0.4, 0.5) is 0 Å². The second-order valence-corrected chi connectivity index (χ2v) is 9.42. The molecule has 2 N–H and O–H groups in total. The van der Waals surface area contributed by atoms with E-state index >= 15 is 0 Å². The fourth-order valence-electron chi connectivity index (χ4n) is 3.69. The van der Waals surface area contributed by atoms with Crippen LogP contribution in [0.2, 0.25) is 0 Å². The van der Waals surface area contributed by atoms with Crippen molar-refractivity contribution in [1.29, 1.82) is 0 Å². The highest BCUT2D eigenvalue weighted by molar-refractivity contribution is 7.90. The summed E-state index contributed by atoms with van der Waals surface area (Å²) in [4.78, 5) is 4.61. The number of nitrogens with zero attached hydrogens (tertiary/aromatic N) is 3. The number of hydrogen-bond donors (Lipinski definition) is 2. The average Bonchev–Trinajstić information content (AvgIpc) is 3.05. The lowest BCUT2D eigenvalue weighted by molar-refractivity contribution is 0.413. The largest absolute Gasteiger partial charge is 0.493 e. The summed E-state index contributed by atoms with van der Waals surface area (Å²) in [6, 6.07) is 12.8. The Hall–Kier alpha value is -2.71. The lowest BCUT2D eigenvalue weighted by Gasteiger charge is -2.22. The monoisotopic (exact) mass is 412 g/mol. The van der Waals surface area contributed by atoms with E-state index in [2.05, 4.69) is 15.4 Å². The molecule has 0 aliphatic heterocycles. The average molecular weight is 413 g/mol. The van der Waals surface area contributed by atoms with Gasteiger partial charge < -0.3 is 10.4 Å². The molecular formula is C21H24N4O3S. The minimum absolute atomic E-state index is 0.168. The molecule has 0 radical (unpaired) electrons. The lowest BCUT2D eigenvalue weighted by Crippen LogP contribution is -2.35. The summed E-state index contributed by atoms with van der Waals surface area (Å²) in [7, 11) is -3.16. The third-order valence-corrected chi connectivity index (χ3v) is 6.41. The number of aryl methyl sites for hydroxylation is 1. The van der Waals surface area contributed by atoms with E-state index < -0.39 is 9.84 Å². The molecule has 0 saturated heterocycles. The zero-order valence-corrected chi connectivity index (χ0v) is 17.1. The van der Waals surface area contributed by atoms with Crippen molar-refractivity contribution in [3.8, 4) is 11.7 Å². The van der Waals surface area contributed by atoms with E-state index in [9.17, 15) is 13.5 Å². The quantitative estimate of drug-likeness (QED) is 0.643. The van der Waals surface area contributed by atoms with Crippen molar-refractivity contribution in [2.75, 3.05) is 12.8 Å². The van der Waals surface area contributed by atoms with Crippen LogP contribution in [0, 0.1) is 0 Å². The molecule has 8 heteroatoms. The van der Waals surface area contributed by atoms with Crippen molar-refractivity contribution in [2.45, 2.75) is 36.6 Å². The normalized spacial score (nSPS) is 16.5. The molecule has 0 spiro atoms. The number of hydrogen-bond acceptors (Lipinski definition) is 6. The van der Waals surface area contributed by atoms with Crippen molar-refractivity contribution in [1.82, 2.24) is 20.1 Å². The fraction of sp³-hybridized carbons (Fsp3) is 0.333. The summed E-state index contributed by atoms with van der Waals surface area (Å²) in [6.07, 6.45) is 6.20. The molecule has 0 bridgehead atoms. The van der Waals surface area contributed by atoms with Crippen LogP contribution in [-0.4, -0.2) is 47.1 Å². The van der Waals surface area contributed by atoms with Crippen molar-refractivity contribution in [3.05, 3.63) is 65.5 Å². The number of rotatable bonds is 6. The molecule has 3 aromatic rings. The molecule has 152 valence electrons. The molecular weight excluding hydrogens is 388 g/mol. The molecule has 1 aliphatic carbocycles. The highest BCUT2D eigenvalue weighted by atomic mass is 32.2. The number of aromatic hydroxyl groups is 1. The van der Waals surface area contributed by atoms with E-state index in [0.29, 0.717) is 10.7 Å². The molecule has 0 amide bonds. The van der Waals surface area contributed by atoms with Crippen molar-refractivity contribution in [3.63, 3.8) is 0 Å². The molecule has 2 aromatic heterocycles. The van der Waals surface area contributed by atoms with E-state index in [1.807, 2.05) is 30.3 Å². The second kappa shape index (κ2) is 7.96. The Labute approximate surface area is 170 Å². The Kier molecular flexibility index (Phi) is 5.38. The highest BCUT2D eigenvalue weighted by Gasteiger charge is 2.26. The molecule has 2 heterocycles. The molecule has 1 aliphatic rings. The number of fused-ring (bicyclic) bond motifs is 1. The van der Waals surface area contributed by atoms with Crippen molar-refractivity contribution < 1.29 is 13.5 Å². The highest BCUT2D eigenvalue weighted by Crippen LogP contribution is 2.30. The van der Waals surface area contributed by atoms with Crippen LogP contribution in [0.1, 0.15) is 23.2 Å². The van der Waals surface area contributed by atoms with Gasteiger partial charge in [0.05, 0.1) is 10.6 Å². The van der Waals surface area contributed by atoms with Gasteiger partial charge in [0.15, 0.2) is 15.7 Å². The number of benzene rings is 1. The van der Waals surface area contributed by atoms with Gasteiger partial charge in [-0.25, -0.2) is 13.4 Å². The van der Waals surface area contributed by atoms with Gasteiger partial charge in [0.25, 0.3) is 0 Å². The predicted molar refractivity (Wildman–Crippen MR) is 110 cm³/mol. The maximum Gasteiger partial charge on any atom is 0.219 e. The van der Waals surface area contributed by atoms with E-state index in [4.69, 9.17) is 0 Å². The zero-order chi connectivity index (χ0) is 20.4. The number of pyridine rings is 1. The summed E-state index contributed by atoms with van der Waals surface area (Å²) in [5.41, 5.74) is 2.91. The Morgan fingerprint density at radius 2 is 2.00 bits per heavy atom. The summed E-state index contributed by atoms with van der Waals surface area (Å²) in [5.74, 6) is 0.781. The van der Waals surface area contributed by atoms with Crippen LogP contribution in [0.15, 0.2) is 53.6 Å². The van der Waals surface area contributed by atoms with Gasteiger partial charge in [-0.3, -0.25) is 0 Å². The molecule has 0 fully saturated rings. The molecule has 0 saturated carbocycles. The van der Waals surface area contributed by atoms with E-state index in [1.165, 1.54) is 10.9 Å². The van der Waals surface area contributed by atoms with Gasteiger partial charge in [-0.1, -0.05) is 18.2 Å².